The molecule has 0 saturated heterocycles. The van der Waals surface area contributed by atoms with Gasteiger partial charge in [-0.1, -0.05) is 29.8 Å². The lowest BCUT2D eigenvalue weighted by molar-refractivity contribution is 0.414. The summed E-state index contributed by atoms with van der Waals surface area (Å²) in [7, 11) is 5.64. The first-order valence-electron chi connectivity index (χ1n) is 6.44. The Morgan fingerprint density at radius 1 is 1.10 bits per heavy atom. The zero-order valence-electron chi connectivity index (χ0n) is 12.0. The first kappa shape index (κ1) is 14.5. The molecule has 0 fully saturated rings. The SMILES string of the molecule is COc1ccc(CNc2cccc(Cl)c2N(C)C)cc1. The van der Waals surface area contributed by atoms with Gasteiger partial charge in [0.15, 0.2) is 0 Å². The monoisotopic (exact) mass is 290 g/mol. The minimum Gasteiger partial charge on any atom is -0.497 e. The Morgan fingerprint density at radius 3 is 2.40 bits per heavy atom. The molecule has 0 bridgehead atoms. The van der Waals surface area contributed by atoms with Gasteiger partial charge in [0.25, 0.3) is 0 Å². The molecule has 2 aromatic carbocycles. The van der Waals surface area contributed by atoms with E-state index in [4.69, 9.17) is 16.3 Å². The largest absolute Gasteiger partial charge is 0.497 e. The van der Waals surface area contributed by atoms with E-state index >= 15 is 0 Å². The van der Waals surface area contributed by atoms with E-state index in [1.807, 2.05) is 61.5 Å². The molecule has 20 heavy (non-hydrogen) atoms. The van der Waals surface area contributed by atoms with Crippen molar-refractivity contribution in [3.05, 3.63) is 53.1 Å². The molecule has 2 rings (SSSR count). The van der Waals surface area contributed by atoms with Crippen molar-refractivity contribution in [2.75, 3.05) is 31.4 Å². The highest BCUT2D eigenvalue weighted by molar-refractivity contribution is 6.34. The summed E-state index contributed by atoms with van der Waals surface area (Å²) in [4.78, 5) is 2.01. The minimum atomic E-state index is 0.741. The van der Waals surface area contributed by atoms with Gasteiger partial charge in [-0.15, -0.1) is 0 Å². The topological polar surface area (TPSA) is 24.5 Å². The van der Waals surface area contributed by atoms with Crippen LogP contribution in [-0.2, 0) is 6.54 Å². The van der Waals surface area contributed by atoms with Crippen molar-refractivity contribution in [1.82, 2.24) is 0 Å². The Balaban J connectivity index is 2.12. The lowest BCUT2D eigenvalue weighted by atomic mass is 10.2. The van der Waals surface area contributed by atoms with Crippen LogP contribution < -0.4 is 15.0 Å². The summed E-state index contributed by atoms with van der Waals surface area (Å²) in [5.74, 6) is 0.866. The van der Waals surface area contributed by atoms with Gasteiger partial charge in [-0.2, -0.15) is 0 Å². The van der Waals surface area contributed by atoms with Gasteiger partial charge in [-0.3, -0.25) is 0 Å². The third-order valence-electron chi connectivity index (χ3n) is 3.08. The number of para-hydroxylation sites is 1. The van der Waals surface area contributed by atoms with Gasteiger partial charge in [0.1, 0.15) is 5.75 Å². The maximum atomic E-state index is 6.25. The van der Waals surface area contributed by atoms with Crippen molar-refractivity contribution < 1.29 is 4.74 Å². The number of rotatable bonds is 5. The van der Waals surface area contributed by atoms with Crippen molar-refractivity contribution in [1.29, 1.82) is 0 Å². The molecule has 106 valence electrons. The highest BCUT2D eigenvalue weighted by Gasteiger charge is 2.08. The van der Waals surface area contributed by atoms with Gasteiger partial charge >= 0.3 is 0 Å². The molecule has 0 spiro atoms. The van der Waals surface area contributed by atoms with Crippen LogP contribution in [0.5, 0.6) is 5.75 Å². The molecule has 0 atom stereocenters. The van der Waals surface area contributed by atoms with Crippen LogP contribution in [0.2, 0.25) is 5.02 Å². The summed E-state index contributed by atoms with van der Waals surface area (Å²) in [6.45, 7) is 0.741. The Labute approximate surface area is 125 Å². The lowest BCUT2D eigenvalue weighted by Gasteiger charge is -2.20. The summed E-state index contributed by atoms with van der Waals surface area (Å²) in [5.41, 5.74) is 3.22. The molecule has 0 aromatic heterocycles. The number of anilines is 2. The van der Waals surface area contributed by atoms with Crippen LogP contribution >= 0.6 is 11.6 Å². The third kappa shape index (κ3) is 3.36. The summed E-state index contributed by atoms with van der Waals surface area (Å²) >= 11 is 6.25. The molecule has 0 unspecified atom stereocenters. The number of halogens is 1. The van der Waals surface area contributed by atoms with Crippen molar-refractivity contribution in [2.24, 2.45) is 0 Å². The van der Waals surface area contributed by atoms with E-state index < -0.39 is 0 Å². The molecule has 0 aliphatic carbocycles. The van der Waals surface area contributed by atoms with E-state index in [9.17, 15) is 0 Å². The summed E-state index contributed by atoms with van der Waals surface area (Å²) in [5, 5.41) is 4.17. The number of ether oxygens (including phenoxy) is 1. The Bertz CT molecular complexity index is 567. The summed E-state index contributed by atoms with van der Waals surface area (Å²) < 4.78 is 5.15. The summed E-state index contributed by atoms with van der Waals surface area (Å²) in [6.07, 6.45) is 0. The number of hydrogen-bond donors (Lipinski definition) is 1. The lowest BCUT2D eigenvalue weighted by Crippen LogP contribution is -2.12. The van der Waals surface area contributed by atoms with Crippen molar-refractivity contribution in [3.63, 3.8) is 0 Å². The minimum absolute atomic E-state index is 0.741. The van der Waals surface area contributed by atoms with Crippen molar-refractivity contribution in [2.45, 2.75) is 6.54 Å². The molecule has 3 nitrogen and oxygen atoms in total. The van der Waals surface area contributed by atoms with E-state index in [-0.39, 0.29) is 0 Å². The fourth-order valence-corrected chi connectivity index (χ4v) is 2.40. The molecule has 0 aliphatic heterocycles. The van der Waals surface area contributed by atoms with E-state index in [0.29, 0.717) is 0 Å². The average molecular weight is 291 g/mol. The number of benzene rings is 2. The molecule has 0 aliphatic rings. The van der Waals surface area contributed by atoms with Crippen molar-refractivity contribution >= 4 is 23.0 Å². The zero-order valence-corrected chi connectivity index (χ0v) is 12.7. The van der Waals surface area contributed by atoms with Crippen LogP contribution in [0.15, 0.2) is 42.5 Å². The fourth-order valence-electron chi connectivity index (χ4n) is 2.05. The maximum absolute atomic E-state index is 6.25. The van der Waals surface area contributed by atoms with Gasteiger partial charge in [-0.25, -0.2) is 0 Å². The molecule has 0 radical (unpaired) electrons. The maximum Gasteiger partial charge on any atom is 0.118 e. The molecule has 0 amide bonds. The quantitative estimate of drug-likeness (QED) is 0.900. The Kier molecular flexibility index (Phi) is 4.74. The van der Waals surface area contributed by atoms with E-state index in [1.54, 1.807) is 7.11 Å². The van der Waals surface area contributed by atoms with Gasteiger partial charge in [0.2, 0.25) is 0 Å². The van der Waals surface area contributed by atoms with Crippen molar-refractivity contribution in [3.8, 4) is 5.75 Å². The molecular formula is C16H19ClN2O. The zero-order chi connectivity index (χ0) is 14.5. The summed E-state index contributed by atoms with van der Waals surface area (Å²) in [6, 6.07) is 13.9. The molecule has 4 heteroatoms. The van der Waals surface area contributed by atoms with Gasteiger partial charge in [-0.05, 0) is 29.8 Å². The third-order valence-corrected chi connectivity index (χ3v) is 3.38. The second kappa shape index (κ2) is 6.53. The fraction of sp³-hybridized carbons (Fsp3) is 0.250. The number of nitrogens with one attached hydrogen (secondary N) is 1. The average Bonchev–Trinajstić information content (AvgIpc) is 2.45. The van der Waals surface area contributed by atoms with Crippen LogP contribution in [0, 0.1) is 0 Å². The van der Waals surface area contributed by atoms with Crippen LogP contribution in [0.3, 0.4) is 0 Å². The second-order valence-corrected chi connectivity index (χ2v) is 5.14. The Hall–Kier alpha value is -1.87. The molecular weight excluding hydrogens is 272 g/mol. The van der Waals surface area contributed by atoms with Gasteiger partial charge in [0.05, 0.1) is 23.5 Å². The first-order valence-corrected chi connectivity index (χ1v) is 6.82. The number of methoxy groups -OCH3 is 1. The Morgan fingerprint density at radius 2 is 1.80 bits per heavy atom. The highest BCUT2D eigenvalue weighted by atomic mass is 35.5. The predicted molar refractivity (Wildman–Crippen MR) is 86.1 cm³/mol. The van der Waals surface area contributed by atoms with Crippen LogP contribution in [-0.4, -0.2) is 21.2 Å². The van der Waals surface area contributed by atoms with E-state index in [0.717, 1.165) is 28.7 Å². The van der Waals surface area contributed by atoms with Crippen LogP contribution in [0.4, 0.5) is 11.4 Å². The standard InChI is InChI=1S/C16H19ClN2O/c1-19(2)16-14(17)5-4-6-15(16)18-11-12-7-9-13(20-3)10-8-12/h4-10,18H,11H2,1-3H3. The van der Waals surface area contributed by atoms with Gasteiger partial charge in [0, 0.05) is 20.6 Å². The number of nitrogens with zero attached hydrogens (tertiary/aromatic N) is 1. The predicted octanol–water partition coefficient (Wildman–Crippen LogP) is 4.03. The first-order chi connectivity index (χ1) is 9.61. The van der Waals surface area contributed by atoms with E-state index in [1.165, 1.54) is 5.56 Å². The normalized spacial score (nSPS) is 10.2. The molecule has 0 saturated carbocycles. The van der Waals surface area contributed by atoms with Gasteiger partial charge < -0.3 is 15.0 Å². The highest BCUT2D eigenvalue weighted by Crippen LogP contribution is 2.32. The van der Waals surface area contributed by atoms with E-state index in [2.05, 4.69) is 5.32 Å². The smallest absolute Gasteiger partial charge is 0.118 e. The van der Waals surface area contributed by atoms with Crippen LogP contribution in [0.1, 0.15) is 5.56 Å². The number of hydrogen-bond acceptors (Lipinski definition) is 3. The van der Waals surface area contributed by atoms with Crippen LogP contribution in [0.25, 0.3) is 0 Å². The molecule has 0 heterocycles. The molecule has 1 N–H and O–H groups in total. The molecule has 2 aromatic rings. The second-order valence-electron chi connectivity index (χ2n) is 4.73.